The summed E-state index contributed by atoms with van der Waals surface area (Å²) in [4.78, 5) is 14.1. The molecule has 1 aliphatic heterocycles. The number of aromatic nitrogens is 2. The highest BCUT2D eigenvalue weighted by Crippen LogP contribution is 2.22. The fourth-order valence-electron chi connectivity index (χ4n) is 3.17. The normalized spacial score (nSPS) is 20.5. The van der Waals surface area contributed by atoms with Gasteiger partial charge in [0, 0.05) is 31.1 Å². The molecule has 2 N–H and O–H groups in total. The van der Waals surface area contributed by atoms with Crippen LogP contribution >= 0.6 is 0 Å². The predicted molar refractivity (Wildman–Crippen MR) is 87.8 cm³/mol. The SMILES string of the molecule is Cc1cc(C[C@@H]2CN(C(=O)CCc3ccc(F)cc3)C[C@H]2O)n[nH]1. The summed E-state index contributed by atoms with van der Waals surface area (Å²) < 4.78 is 12.9. The number of benzene rings is 1. The number of hydrogen-bond acceptors (Lipinski definition) is 3. The van der Waals surface area contributed by atoms with E-state index in [9.17, 15) is 14.3 Å². The first-order valence-corrected chi connectivity index (χ1v) is 8.22. The molecule has 0 radical (unpaired) electrons. The smallest absolute Gasteiger partial charge is 0.223 e. The summed E-state index contributed by atoms with van der Waals surface area (Å²) in [5.74, 6) is -0.231. The molecule has 1 fully saturated rings. The van der Waals surface area contributed by atoms with Crippen molar-refractivity contribution in [1.82, 2.24) is 15.1 Å². The number of likely N-dealkylation sites (tertiary alicyclic amines) is 1. The molecule has 1 aromatic heterocycles. The Hall–Kier alpha value is -2.21. The van der Waals surface area contributed by atoms with Gasteiger partial charge in [-0.3, -0.25) is 9.89 Å². The van der Waals surface area contributed by atoms with Crippen LogP contribution in [0.4, 0.5) is 4.39 Å². The molecule has 1 aromatic carbocycles. The van der Waals surface area contributed by atoms with Crippen LogP contribution in [-0.4, -0.2) is 45.3 Å². The Balaban J connectivity index is 1.51. The lowest BCUT2D eigenvalue weighted by atomic mass is 10.0. The molecule has 2 atom stereocenters. The van der Waals surface area contributed by atoms with Gasteiger partial charge in [0.05, 0.1) is 11.8 Å². The van der Waals surface area contributed by atoms with Gasteiger partial charge in [0.15, 0.2) is 0 Å². The number of nitrogens with zero attached hydrogens (tertiary/aromatic N) is 2. The van der Waals surface area contributed by atoms with Gasteiger partial charge in [0.1, 0.15) is 5.82 Å². The maximum absolute atomic E-state index is 12.9. The van der Waals surface area contributed by atoms with Crippen LogP contribution in [0, 0.1) is 18.7 Å². The summed E-state index contributed by atoms with van der Waals surface area (Å²) in [6.45, 7) is 2.86. The largest absolute Gasteiger partial charge is 0.391 e. The third kappa shape index (κ3) is 4.00. The molecular formula is C18H22FN3O2. The van der Waals surface area contributed by atoms with Crippen LogP contribution in [0.2, 0.25) is 0 Å². The number of aliphatic hydroxyl groups is 1. The van der Waals surface area contributed by atoms with Crippen molar-refractivity contribution in [3.05, 3.63) is 53.1 Å². The number of β-amino-alcohol motifs (C(OH)–C–C–N with tert-alkyl or cyclic N) is 1. The number of aliphatic hydroxyl groups excluding tert-OH is 1. The molecule has 0 unspecified atom stereocenters. The fraction of sp³-hybridized carbons (Fsp3) is 0.444. The van der Waals surface area contributed by atoms with Crippen molar-refractivity contribution in [2.75, 3.05) is 13.1 Å². The van der Waals surface area contributed by atoms with Gasteiger partial charge < -0.3 is 10.0 Å². The highest BCUT2D eigenvalue weighted by molar-refractivity contribution is 5.76. The van der Waals surface area contributed by atoms with Crippen molar-refractivity contribution in [2.24, 2.45) is 5.92 Å². The zero-order chi connectivity index (χ0) is 17.1. The maximum Gasteiger partial charge on any atom is 0.223 e. The topological polar surface area (TPSA) is 69.2 Å². The second-order valence-corrected chi connectivity index (χ2v) is 6.50. The molecule has 3 rings (SSSR count). The molecule has 0 bridgehead atoms. The van der Waals surface area contributed by atoms with Crippen LogP contribution in [0.25, 0.3) is 0 Å². The summed E-state index contributed by atoms with van der Waals surface area (Å²) in [6, 6.07) is 8.17. The average Bonchev–Trinajstić information content (AvgIpc) is 3.13. The molecule has 128 valence electrons. The minimum atomic E-state index is -0.517. The molecular weight excluding hydrogens is 309 g/mol. The van der Waals surface area contributed by atoms with Gasteiger partial charge in [-0.05, 0) is 43.5 Å². The number of hydrogen-bond donors (Lipinski definition) is 2. The van der Waals surface area contributed by atoms with Crippen molar-refractivity contribution in [2.45, 2.75) is 32.3 Å². The van der Waals surface area contributed by atoms with Crippen molar-refractivity contribution < 1.29 is 14.3 Å². The van der Waals surface area contributed by atoms with Gasteiger partial charge in [-0.1, -0.05) is 12.1 Å². The number of carbonyl (C=O) groups excluding carboxylic acids is 1. The summed E-state index contributed by atoms with van der Waals surface area (Å²) in [7, 11) is 0. The number of rotatable bonds is 5. The van der Waals surface area contributed by atoms with E-state index in [1.165, 1.54) is 12.1 Å². The Morgan fingerprint density at radius 2 is 2.12 bits per heavy atom. The van der Waals surface area contributed by atoms with Gasteiger partial charge in [0.2, 0.25) is 5.91 Å². The van der Waals surface area contributed by atoms with Crippen molar-refractivity contribution in [3.63, 3.8) is 0 Å². The van der Waals surface area contributed by atoms with Gasteiger partial charge in [-0.2, -0.15) is 5.10 Å². The number of amides is 1. The van der Waals surface area contributed by atoms with E-state index in [2.05, 4.69) is 10.2 Å². The van der Waals surface area contributed by atoms with Gasteiger partial charge in [0.25, 0.3) is 0 Å². The molecule has 1 saturated heterocycles. The van der Waals surface area contributed by atoms with Crippen molar-refractivity contribution >= 4 is 5.91 Å². The van der Waals surface area contributed by atoms with Crippen LogP contribution in [0.1, 0.15) is 23.4 Å². The lowest BCUT2D eigenvalue weighted by Crippen LogP contribution is -2.29. The number of aromatic amines is 1. The molecule has 1 aliphatic rings. The van der Waals surface area contributed by atoms with E-state index in [1.54, 1.807) is 17.0 Å². The van der Waals surface area contributed by atoms with E-state index >= 15 is 0 Å². The highest BCUT2D eigenvalue weighted by atomic mass is 19.1. The Bertz CT molecular complexity index is 699. The maximum atomic E-state index is 12.9. The number of halogens is 1. The second-order valence-electron chi connectivity index (χ2n) is 6.50. The molecule has 2 heterocycles. The van der Waals surface area contributed by atoms with E-state index in [4.69, 9.17) is 0 Å². The molecule has 1 amide bonds. The first kappa shape index (κ1) is 16.6. The first-order valence-electron chi connectivity index (χ1n) is 8.22. The monoisotopic (exact) mass is 331 g/mol. The van der Waals surface area contributed by atoms with Gasteiger partial charge in [-0.15, -0.1) is 0 Å². The molecule has 0 saturated carbocycles. The highest BCUT2D eigenvalue weighted by Gasteiger charge is 2.34. The van der Waals surface area contributed by atoms with Crippen LogP contribution in [0.3, 0.4) is 0 Å². The van der Waals surface area contributed by atoms with Crippen LogP contribution in [0.5, 0.6) is 0 Å². The fourth-order valence-corrected chi connectivity index (χ4v) is 3.17. The average molecular weight is 331 g/mol. The van der Waals surface area contributed by atoms with Crippen LogP contribution in [-0.2, 0) is 17.6 Å². The van der Waals surface area contributed by atoms with E-state index in [-0.39, 0.29) is 17.6 Å². The summed E-state index contributed by atoms with van der Waals surface area (Å²) in [5, 5.41) is 17.3. The third-order valence-corrected chi connectivity index (χ3v) is 4.53. The minimum Gasteiger partial charge on any atom is -0.391 e. The summed E-state index contributed by atoms with van der Waals surface area (Å²) >= 11 is 0. The number of aryl methyl sites for hydroxylation is 2. The molecule has 2 aromatic rings. The quantitative estimate of drug-likeness (QED) is 0.878. The summed E-state index contributed by atoms with van der Waals surface area (Å²) in [6.07, 6.45) is 1.09. The standard InChI is InChI=1S/C18H22FN3O2/c1-12-8-16(21-20-12)9-14-10-22(11-17(14)23)18(24)7-4-13-2-5-15(19)6-3-13/h2-3,5-6,8,14,17,23H,4,7,9-11H2,1H3,(H,20,21)/t14-,17-/m1/s1. The van der Waals surface area contributed by atoms with E-state index in [1.807, 2.05) is 13.0 Å². The molecule has 0 aliphatic carbocycles. The number of carbonyl (C=O) groups is 1. The third-order valence-electron chi connectivity index (χ3n) is 4.53. The van der Waals surface area contributed by atoms with E-state index in [0.717, 1.165) is 17.0 Å². The van der Waals surface area contributed by atoms with Crippen molar-refractivity contribution in [1.29, 1.82) is 0 Å². The lowest BCUT2D eigenvalue weighted by molar-refractivity contribution is -0.130. The zero-order valence-corrected chi connectivity index (χ0v) is 13.7. The van der Waals surface area contributed by atoms with E-state index in [0.29, 0.717) is 32.4 Å². The number of nitrogens with one attached hydrogen (secondary N) is 1. The zero-order valence-electron chi connectivity index (χ0n) is 13.7. The Labute approximate surface area is 140 Å². The number of H-pyrrole nitrogens is 1. The van der Waals surface area contributed by atoms with Gasteiger partial charge in [-0.25, -0.2) is 4.39 Å². The summed E-state index contributed by atoms with van der Waals surface area (Å²) in [5.41, 5.74) is 2.84. The van der Waals surface area contributed by atoms with Crippen molar-refractivity contribution in [3.8, 4) is 0 Å². The van der Waals surface area contributed by atoms with Gasteiger partial charge >= 0.3 is 0 Å². The van der Waals surface area contributed by atoms with Crippen LogP contribution in [0.15, 0.2) is 30.3 Å². The Morgan fingerprint density at radius 3 is 2.79 bits per heavy atom. The molecule has 24 heavy (non-hydrogen) atoms. The lowest BCUT2D eigenvalue weighted by Gasteiger charge is -2.16. The Morgan fingerprint density at radius 1 is 1.38 bits per heavy atom. The molecule has 0 spiro atoms. The molecule has 5 nitrogen and oxygen atoms in total. The minimum absolute atomic E-state index is 0.0162. The van der Waals surface area contributed by atoms with Crippen LogP contribution < -0.4 is 0 Å². The van der Waals surface area contributed by atoms with E-state index < -0.39 is 6.10 Å². The predicted octanol–water partition coefficient (Wildman–Crippen LogP) is 1.85. The second kappa shape index (κ2) is 7.13. The molecule has 6 heteroatoms. The first-order chi connectivity index (χ1) is 11.5. The Kier molecular flexibility index (Phi) is 4.94.